The predicted octanol–water partition coefficient (Wildman–Crippen LogP) is 2.38. The van der Waals surface area contributed by atoms with Crippen LogP contribution in [0.25, 0.3) is 0 Å². The summed E-state index contributed by atoms with van der Waals surface area (Å²) in [7, 11) is 4.90. The highest BCUT2D eigenvalue weighted by Gasteiger charge is 2.59. The van der Waals surface area contributed by atoms with Crippen molar-refractivity contribution in [2.45, 2.75) is 31.0 Å². The van der Waals surface area contributed by atoms with Crippen LogP contribution in [-0.4, -0.2) is 66.6 Å². The Hall–Kier alpha value is -2.61. The van der Waals surface area contributed by atoms with Crippen molar-refractivity contribution in [3.63, 3.8) is 0 Å². The summed E-state index contributed by atoms with van der Waals surface area (Å²) in [6.45, 7) is 2.09. The molecule has 2 aromatic rings. The van der Waals surface area contributed by atoms with Crippen LogP contribution in [0, 0.1) is 6.92 Å². The Bertz CT molecular complexity index is 1060. The largest absolute Gasteiger partial charge is 0.496 e. The lowest BCUT2D eigenvalue weighted by molar-refractivity contribution is -0.138. The van der Waals surface area contributed by atoms with E-state index in [-0.39, 0.29) is 24.8 Å². The number of amides is 2. The number of aliphatic hydroxyl groups is 1. The van der Waals surface area contributed by atoms with Crippen molar-refractivity contribution in [1.29, 1.82) is 0 Å². The van der Waals surface area contributed by atoms with Crippen LogP contribution in [0.2, 0.25) is 5.02 Å². The van der Waals surface area contributed by atoms with Gasteiger partial charge in [-0.05, 0) is 43.2 Å². The number of carbonyl (C=O) groups is 2. The van der Waals surface area contributed by atoms with Crippen LogP contribution in [0.4, 0.5) is 5.69 Å². The molecule has 8 heteroatoms. The highest BCUT2D eigenvalue weighted by Crippen LogP contribution is 2.51. The molecule has 2 aliphatic rings. The standard InChI is InChI=1S/C23H26ClN3O4/c1-13-5-7-16(20(9-13)31-4)23(17-10-14(24)6-8-18(17)25-22(23)30)27-12-15(28)11-19(27)21(29)26(2)3/h5-10,15,19,28H,11-12H2,1-4H3,(H,25,30)/t15-,19+,23?/m1/s1. The number of anilines is 1. The maximum absolute atomic E-state index is 13.8. The number of hydrogen-bond donors (Lipinski definition) is 2. The minimum absolute atomic E-state index is 0.153. The van der Waals surface area contributed by atoms with Crippen LogP contribution in [0.15, 0.2) is 36.4 Å². The van der Waals surface area contributed by atoms with Gasteiger partial charge in [0.15, 0.2) is 5.54 Å². The molecule has 0 spiro atoms. The molecule has 0 aliphatic carbocycles. The zero-order valence-electron chi connectivity index (χ0n) is 18.0. The number of benzene rings is 2. The molecule has 2 N–H and O–H groups in total. The number of fused-ring (bicyclic) bond motifs is 1. The number of aliphatic hydroxyl groups excluding tert-OH is 1. The van der Waals surface area contributed by atoms with E-state index in [1.54, 1.807) is 44.3 Å². The first-order valence-corrected chi connectivity index (χ1v) is 10.5. The van der Waals surface area contributed by atoms with E-state index in [4.69, 9.17) is 16.3 Å². The fourth-order valence-electron chi connectivity index (χ4n) is 4.78. The molecule has 0 radical (unpaired) electrons. The molecule has 31 heavy (non-hydrogen) atoms. The fraction of sp³-hybridized carbons (Fsp3) is 0.391. The lowest BCUT2D eigenvalue weighted by Crippen LogP contribution is -2.57. The van der Waals surface area contributed by atoms with Crippen molar-refractivity contribution < 1.29 is 19.4 Å². The minimum atomic E-state index is -1.38. The van der Waals surface area contributed by atoms with E-state index < -0.39 is 17.7 Å². The summed E-state index contributed by atoms with van der Waals surface area (Å²) in [6.07, 6.45) is -0.519. The first kappa shape index (κ1) is 21.6. The second-order valence-corrected chi connectivity index (χ2v) is 8.78. The zero-order valence-corrected chi connectivity index (χ0v) is 18.7. The van der Waals surface area contributed by atoms with E-state index in [0.717, 1.165) is 5.56 Å². The maximum Gasteiger partial charge on any atom is 0.254 e. The van der Waals surface area contributed by atoms with Gasteiger partial charge >= 0.3 is 0 Å². The van der Waals surface area contributed by atoms with Gasteiger partial charge in [-0.2, -0.15) is 0 Å². The third-order valence-electron chi connectivity index (χ3n) is 6.13. The summed E-state index contributed by atoms with van der Waals surface area (Å²) in [6, 6.07) is 10.2. The SMILES string of the molecule is COc1cc(C)ccc1C1(N2C[C@H](O)C[C@H]2C(=O)N(C)C)C(=O)Nc2ccc(Cl)cc21. The first-order chi connectivity index (χ1) is 14.7. The summed E-state index contributed by atoms with van der Waals surface area (Å²) >= 11 is 6.36. The number of nitrogens with zero attached hydrogens (tertiary/aromatic N) is 2. The second kappa shape index (κ2) is 7.82. The molecule has 0 aromatic heterocycles. The number of hydrogen-bond acceptors (Lipinski definition) is 5. The molecule has 164 valence electrons. The minimum Gasteiger partial charge on any atom is -0.496 e. The normalized spacial score (nSPS) is 25.3. The van der Waals surface area contributed by atoms with Crippen molar-refractivity contribution in [2.75, 3.05) is 33.1 Å². The number of likely N-dealkylation sites (N-methyl/N-ethyl adjacent to an activating group) is 1. The molecule has 0 saturated carbocycles. The molecule has 1 unspecified atom stereocenters. The third kappa shape index (κ3) is 3.28. The monoisotopic (exact) mass is 443 g/mol. The summed E-state index contributed by atoms with van der Waals surface area (Å²) in [4.78, 5) is 30.2. The van der Waals surface area contributed by atoms with Gasteiger partial charge in [-0.15, -0.1) is 0 Å². The quantitative estimate of drug-likeness (QED) is 0.758. The summed E-state index contributed by atoms with van der Waals surface area (Å²) in [5, 5.41) is 14.0. The fourth-order valence-corrected chi connectivity index (χ4v) is 4.95. The van der Waals surface area contributed by atoms with E-state index in [0.29, 0.717) is 27.6 Å². The number of nitrogens with one attached hydrogen (secondary N) is 1. The number of likely N-dealkylation sites (tertiary alicyclic amines) is 1. The molecule has 7 nitrogen and oxygen atoms in total. The molecule has 2 aliphatic heterocycles. The predicted molar refractivity (Wildman–Crippen MR) is 118 cm³/mol. The van der Waals surface area contributed by atoms with Crippen LogP contribution in [-0.2, 0) is 15.1 Å². The maximum atomic E-state index is 13.8. The molecular formula is C23H26ClN3O4. The van der Waals surface area contributed by atoms with Gasteiger partial charge in [0.2, 0.25) is 5.91 Å². The topological polar surface area (TPSA) is 82.1 Å². The summed E-state index contributed by atoms with van der Waals surface area (Å²) in [5.41, 5.74) is 1.45. The molecular weight excluding hydrogens is 418 g/mol. The van der Waals surface area contributed by atoms with E-state index in [1.165, 1.54) is 4.90 Å². The van der Waals surface area contributed by atoms with Crippen molar-refractivity contribution in [3.8, 4) is 5.75 Å². The van der Waals surface area contributed by atoms with Gasteiger partial charge in [-0.25, -0.2) is 0 Å². The number of carbonyl (C=O) groups excluding carboxylic acids is 2. The number of β-amino-alcohol motifs (C(OH)–C–C–N with tert-alkyl or cyclic N) is 1. The Balaban J connectivity index is 2.04. The van der Waals surface area contributed by atoms with Gasteiger partial charge < -0.3 is 20.1 Å². The lowest BCUT2D eigenvalue weighted by atomic mass is 9.80. The Morgan fingerprint density at radius 3 is 2.68 bits per heavy atom. The van der Waals surface area contributed by atoms with Crippen molar-refractivity contribution in [2.24, 2.45) is 0 Å². The highest BCUT2D eigenvalue weighted by atomic mass is 35.5. The van der Waals surface area contributed by atoms with Crippen molar-refractivity contribution in [3.05, 3.63) is 58.1 Å². The number of methoxy groups -OCH3 is 1. The molecule has 3 atom stereocenters. The molecule has 0 bridgehead atoms. The number of ether oxygens (including phenoxy) is 1. The van der Waals surface area contributed by atoms with Crippen LogP contribution < -0.4 is 10.1 Å². The van der Waals surface area contributed by atoms with Gasteiger partial charge in [0.1, 0.15) is 5.75 Å². The van der Waals surface area contributed by atoms with E-state index in [1.807, 2.05) is 25.1 Å². The van der Waals surface area contributed by atoms with Crippen LogP contribution in [0.5, 0.6) is 5.75 Å². The summed E-state index contributed by atoms with van der Waals surface area (Å²) in [5.74, 6) is 0.0447. The molecule has 1 fully saturated rings. The lowest BCUT2D eigenvalue weighted by Gasteiger charge is -2.41. The third-order valence-corrected chi connectivity index (χ3v) is 6.37. The van der Waals surface area contributed by atoms with E-state index in [2.05, 4.69) is 5.32 Å². The van der Waals surface area contributed by atoms with Gasteiger partial charge in [-0.1, -0.05) is 23.7 Å². The van der Waals surface area contributed by atoms with E-state index >= 15 is 0 Å². The number of rotatable bonds is 4. The Morgan fingerprint density at radius 2 is 2.00 bits per heavy atom. The number of aryl methyl sites for hydroxylation is 1. The molecule has 2 heterocycles. The van der Waals surface area contributed by atoms with E-state index in [9.17, 15) is 14.7 Å². The molecule has 1 saturated heterocycles. The Morgan fingerprint density at radius 1 is 1.26 bits per heavy atom. The van der Waals surface area contributed by atoms with Gasteiger partial charge in [0.25, 0.3) is 5.91 Å². The van der Waals surface area contributed by atoms with Crippen LogP contribution >= 0.6 is 11.6 Å². The molecule has 2 aromatic carbocycles. The average molecular weight is 444 g/mol. The molecule has 4 rings (SSSR count). The second-order valence-electron chi connectivity index (χ2n) is 8.35. The summed E-state index contributed by atoms with van der Waals surface area (Å²) < 4.78 is 5.69. The van der Waals surface area contributed by atoms with Crippen molar-refractivity contribution in [1.82, 2.24) is 9.80 Å². The first-order valence-electron chi connectivity index (χ1n) is 10.1. The Kier molecular flexibility index (Phi) is 5.45. The smallest absolute Gasteiger partial charge is 0.254 e. The van der Waals surface area contributed by atoms with Crippen LogP contribution in [0.1, 0.15) is 23.1 Å². The van der Waals surface area contributed by atoms with Gasteiger partial charge in [-0.3, -0.25) is 14.5 Å². The van der Waals surface area contributed by atoms with Crippen LogP contribution in [0.3, 0.4) is 0 Å². The molecule has 2 amide bonds. The highest BCUT2D eigenvalue weighted by molar-refractivity contribution is 6.31. The van der Waals surface area contributed by atoms with Gasteiger partial charge in [0, 0.05) is 42.5 Å². The van der Waals surface area contributed by atoms with Crippen molar-refractivity contribution >= 4 is 29.1 Å². The van der Waals surface area contributed by atoms with Gasteiger partial charge in [0.05, 0.1) is 19.3 Å². The number of halogens is 1. The Labute approximate surface area is 186 Å². The average Bonchev–Trinajstić information content (AvgIpc) is 3.24. The zero-order chi connectivity index (χ0) is 22.5.